The average Bonchev–Trinajstić information content (AvgIpc) is 2.79. The van der Waals surface area contributed by atoms with Crippen molar-refractivity contribution in [2.45, 2.75) is 25.4 Å². The fourth-order valence-electron chi connectivity index (χ4n) is 4.31. The lowest BCUT2D eigenvalue weighted by Crippen LogP contribution is -2.43. The van der Waals surface area contributed by atoms with Crippen LogP contribution in [0.3, 0.4) is 0 Å². The SMILES string of the molecule is CN(C)CC(Cc1ccccc1)NC(=O)c1ccc(N2CCc3ccccc3C2)cc1. The topological polar surface area (TPSA) is 35.6 Å². The van der Waals surface area contributed by atoms with E-state index in [-0.39, 0.29) is 11.9 Å². The number of likely N-dealkylation sites (N-methyl/N-ethyl adjacent to an activating group) is 1. The van der Waals surface area contributed by atoms with Crippen LogP contribution in [0.5, 0.6) is 0 Å². The van der Waals surface area contributed by atoms with Gasteiger partial charge in [-0.1, -0.05) is 54.6 Å². The molecular weight excluding hydrogens is 382 g/mol. The van der Waals surface area contributed by atoms with Crippen molar-refractivity contribution in [3.05, 3.63) is 101 Å². The zero-order valence-electron chi connectivity index (χ0n) is 18.4. The van der Waals surface area contributed by atoms with Crippen molar-refractivity contribution >= 4 is 11.6 Å². The summed E-state index contributed by atoms with van der Waals surface area (Å²) in [6, 6.07) is 27.1. The number of rotatable bonds is 7. The smallest absolute Gasteiger partial charge is 0.251 e. The third-order valence-electron chi connectivity index (χ3n) is 5.87. The van der Waals surface area contributed by atoms with Gasteiger partial charge in [0, 0.05) is 36.9 Å². The van der Waals surface area contributed by atoms with Crippen LogP contribution >= 0.6 is 0 Å². The molecule has 1 aliphatic heterocycles. The van der Waals surface area contributed by atoms with Gasteiger partial charge in [0.25, 0.3) is 5.91 Å². The molecule has 1 unspecified atom stereocenters. The number of hydrogen-bond donors (Lipinski definition) is 1. The molecular formula is C27H31N3O. The summed E-state index contributed by atoms with van der Waals surface area (Å²) in [6.45, 7) is 2.72. The number of nitrogens with one attached hydrogen (secondary N) is 1. The maximum Gasteiger partial charge on any atom is 0.251 e. The normalized spacial score (nSPS) is 14.2. The highest BCUT2D eigenvalue weighted by atomic mass is 16.1. The predicted octanol–water partition coefficient (Wildman–Crippen LogP) is 4.15. The number of fused-ring (bicyclic) bond motifs is 1. The monoisotopic (exact) mass is 413 g/mol. The first-order valence-electron chi connectivity index (χ1n) is 11.0. The minimum absolute atomic E-state index is 0.0154. The number of benzene rings is 3. The van der Waals surface area contributed by atoms with E-state index in [0.717, 1.165) is 32.5 Å². The molecule has 31 heavy (non-hydrogen) atoms. The summed E-state index contributed by atoms with van der Waals surface area (Å²) >= 11 is 0. The highest BCUT2D eigenvalue weighted by Crippen LogP contribution is 2.24. The number of anilines is 1. The van der Waals surface area contributed by atoms with E-state index in [0.29, 0.717) is 5.56 Å². The Kier molecular flexibility index (Phi) is 6.68. The summed E-state index contributed by atoms with van der Waals surface area (Å²) in [6.07, 6.45) is 1.88. The van der Waals surface area contributed by atoms with E-state index in [9.17, 15) is 4.79 Å². The van der Waals surface area contributed by atoms with Crippen LogP contribution in [-0.4, -0.2) is 44.0 Å². The van der Waals surface area contributed by atoms with E-state index in [2.05, 4.69) is 63.6 Å². The van der Waals surface area contributed by atoms with E-state index in [1.165, 1.54) is 22.4 Å². The molecule has 0 radical (unpaired) electrons. The van der Waals surface area contributed by atoms with Crippen LogP contribution < -0.4 is 10.2 Å². The van der Waals surface area contributed by atoms with Gasteiger partial charge in [-0.3, -0.25) is 4.79 Å². The van der Waals surface area contributed by atoms with Crippen molar-refractivity contribution < 1.29 is 4.79 Å². The molecule has 3 aromatic carbocycles. The second-order valence-electron chi connectivity index (χ2n) is 8.61. The Morgan fingerprint density at radius 3 is 2.32 bits per heavy atom. The zero-order chi connectivity index (χ0) is 21.6. The molecule has 160 valence electrons. The highest BCUT2D eigenvalue weighted by Gasteiger charge is 2.18. The minimum atomic E-state index is -0.0154. The summed E-state index contributed by atoms with van der Waals surface area (Å²) in [4.78, 5) is 17.4. The molecule has 0 spiro atoms. The van der Waals surface area contributed by atoms with E-state index < -0.39 is 0 Å². The first kappa shape index (κ1) is 21.1. The third kappa shape index (κ3) is 5.53. The maximum atomic E-state index is 12.9. The molecule has 4 heteroatoms. The molecule has 0 aliphatic carbocycles. The number of carbonyl (C=O) groups excluding carboxylic acids is 1. The average molecular weight is 414 g/mol. The van der Waals surface area contributed by atoms with Crippen molar-refractivity contribution in [3.63, 3.8) is 0 Å². The molecule has 1 heterocycles. The van der Waals surface area contributed by atoms with Crippen LogP contribution in [0, 0.1) is 0 Å². The molecule has 1 amide bonds. The van der Waals surface area contributed by atoms with Gasteiger partial charge in [0.05, 0.1) is 0 Å². The second-order valence-corrected chi connectivity index (χ2v) is 8.61. The summed E-state index contributed by atoms with van der Waals surface area (Å²) in [5, 5.41) is 3.23. The van der Waals surface area contributed by atoms with Gasteiger partial charge in [0.1, 0.15) is 0 Å². The molecule has 4 nitrogen and oxygen atoms in total. The number of amides is 1. The van der Waals surface area contributed by atoms with Gasteiger partial charge < -0.3 is 15.1 Å². The molecule has 0 saturated carbocycles. The van der Waals surface area contributed by atoms with Gasteiger partial charge in [-0.25, -0.2) is 0 Å². The lowest BCUT2D eigenvalue weighted by atomic mass is 9.99. The first-order chi connectivity index (χ1) is 15.1. The molecule has 1 aliphatic rings. The van der Waals surface area contributed by atoms with E-state index in [1.54, 1.807) is 0 Å². The van der Waals surface area contributed by atoms with Crippen molar-refractivity contribution in [1.29, 1.82) is 0 Å². The Hall–Kier alpha value is -3.11. The number of carbonyl (C=O) groups is 1. The summed E-state index contributed by atoms with van der Waals surface area (Å²) in [7, 11) is 4.07. The molecule has 0 bridgehead atoms. The first-order valence-corrected chi connectivity index (χ1v) is 11.0. The third-order valence-corrected chi connectivity index (χ3v) is 5.87. The Balaban J connectivity index is 1.41. The van der Waals surface area contributed by atoms with Gasteiger partial charge in [-0.05, 0) is 67.9 Å². The van der Waals surface area contributed by atoms with E-state index >= 15 is 0 Å². The molecule has 0 fully saturated rings. The van der Waals surface area contributed by atoms with Crippen LogP contribution in [0.2, 0.25) is 0 Å². The standard InChI is InChI=1S/C27H31N3O/c1-29(2)20-25(18-21-8-4-3-5-9-21)28-27(31)23-12-14-26(15-13-23)30-17-16-22-10-6-7-11-24(22)19-30/h3-15,25H,16-20H2,1-2H3,(H,28,31). The van der Waals surface area contributed by atoms with Gasteiger partial charge >= 0.3 is 0 Å². The number of nitrogens with zero attached hydrogens (tertiary/aromatic N) is 2. The summed E-state index contributed by atoms with van der Waals surface area (Å²) < 4.78 is 0. The predicted molar refractivity (Wildman–Crippen MR) is 128 cm³/mol. The zero-order valence-corrected chi connectivity index (χ0v) is 18.4. The Morgan fingerprint density at radius 1 is 0.935 bits per heavy atom. The Labute approximate surface area is 185 Å². The molecule has 0 saturated heterocycles. The van der Waals surface area contributed by atoms with E-state index in [4.69, 9.17) is 0 Å². The van der Waals surface area contributed by atoms with Crippen molar-refractivity contribution in [2.24, 2.45) is 0 Å². The molecule has 0 aromatic heterocycles. The van der Waals surface area contributed by atoms with Crippen LogP contribution in [0.25, 0.3) is 0 Å². The molecule has 1 N–H and O–H groups in total. The Bertz CT molecular complexity index is 999. The van der Waals surface area contributed by atoms with Crippen molar-refractivity contribution in [2.75, 3.05) is 32.1 Å². The van der Waals surface area contributed by atoms with Crippen LogP contribution in [0.15, 0.2) is 78.9 Å². The van der Waals surface area contributed by atoms with Gasteiger partial charge in [0.2, 0.25) is 0 Å². The number of hydrogen-bond acceptors (Lipinski definition) is 3. The van der Waals surface area contributed by atoms with Crippen molar-refractivity contribution in [1.82, 2.24) is 10.2 Å². The Morgan fingerprint density at radius 2 is 1.61 bits per heavy atom. The summed E-state index contributed by atoms with van der Waals surface area (Å²) in [5.41, 5.74) is 5.94. The fraction of sp³-hybridized carbons (Fsp3) is 0.296. The van der Waals surface area contributed by atoms with Crippen LogP contribution in [0.1, 0.15) is 27.0 Å². The summed E-state index contributed by atoms with van der Waals surface area (Å²) in [5.74, 6) is -0.0154. The van der Waals surface area contributed by atoms with Crippen molar-refractivity contribution in [3.8, 4) is 0 Å². The van der Waals surface area contributed by atoms with Crippen LogP contribution in [0.4, 0.5) is 5.69 Å². The second kappa shape index (κ2) is 9.80. The maximum absolute atomic E-state index is 12.9. The van der Waals surface area contributed by atoms with Gasteiger partial charge in [-0.15, -0.1) is 0 Å². The van der Waals surface area contributed by atoms with Gasteiger partial charge in [-0.2, -0.15) is 0 Å². The molecule has 1 atom stereocenters. The molecule has 3 aromatic rings. The fourth-order valence-corrected chi connectivity index (χ4v) is 4.31. The quantitative estimate of drug-likeness (QED) is 0.632. The van der Waals surface area contributed by atoms with E-state index in [1.807, 2.05) is 44.4 Å². The lowest BCUT2D eigenvalue weighted by Gasteiger charge is -2.30. The largest absolute Gasteiger partial charge is 0.367 e. The lowest BCUT2D eigenvalue weighted by molar-refractivity contribution is 0.0930. The van der Waals surface area contributed by atoms with Crippen LogP contribution in [-0.2, 0) is 19.4 Å². The van der Waals surface area contributed by atoms with Gasteiger partial charge in [0.15, 0.2) is 0 Å². The highest BCUT2D eigenvalue weighted by molar-refractivity contribution is 5.94. The minimum Gasteiger partial charge on any atom is -0.367 e. The molecule has 4 rings (SSSR count).